The van der Waals surface area contributed by atoms with Crippen molar-refractivity contribution in [2.45, 2.75) is 26.3 Å². The summed E-state index contributed by atoms with van der Waals surface area (Å²) in [5, 5.41) is 11.3. The first-order valence-electron chi connectivity index (χ1n) is 5.97. The third kappa shape index (κ3) is 3.44. The van der Waals surface area contributed by atoms with Gasteiger partial charge in [-0.05, 0) is 29.2 Å². The highest BCUT2D eigenvalue weighted by atomic mass is 35.5. The van der Waals surface area contributed by atoms with Crippen molar-refractivity contribution in [1.29, 1.82) is 0 Å². The number of nitrogens with zero attached hydrogens (tertiary/aromatic N) is 2. The van der Waals surface area contributed by atoms with Crippen LogP contribution in [0.5, 0.6) is 0 Å². The van der Waals surface area contributed by atoms with Crippen LogP contribution in [0.2, 0.25) is 5.15 Å². The first-order chi connectivity index (χ1) is 8.65. The lowest BCUT2D eigenvalue weighted by Gasteiger charge is -2.08. The third-order valence-corrected chi connectivity index (χ3v) is 2.95. The SMILES string of the molecule is CC(C)c1ccc(CNc2ccc(Cl)nn2)cc1. The predicted molar refractivity (Wildman–Crippen MR) is 74.9 cm³/mol. The van der Waals surface area contributed by atoms with Crippen molar-refractivity contribution in [3.63, 3.8) is 0 Å². The molecule has 0 aliphatic carbocycles. The molecule has 0 aliphatic heterocycles. The minimum absolute atomic E-state index is 0.404. The summed E-state index contributed by atoms with van der Waals surface area (Å²) in [7, 11) is 0. The monoisotopic (exact) mass is 261 g/mol. The average molecular weight is 262 g/mol. The van der Waals surface area contributed by atoms with Crippen LogP contribution < -0.4 is 5.32 Å². The van der Waals surface area contributed by atoms with Gasteiger partial charge in [0.05, 0.1) is 0 Å². The number of hydrogen-bond acceptors (Lipinski definition) is 3. The Morgan fingerprint density at radius 2 is 1.78 bits per heavy atom. The van der Waals surface area contributed by atoms with Crippen LogP contribution in [0.4, 0.5) is 5.82 Å². The maximum absolute atomic E-state index is 5.67. The minimum Gasteiger partial charge on any atom is -0.365 e. The third-order valence-electron chi connectivity index (χ3n) is 2.75. The van der Waals surface area contributed by atoms with E-state index in [1.807, 2.05) is 6.07 Å². The van der Waals surface area contributed by atoms with E-state index in [1.54, 1.807) is 6.07 Å². The van der Waals surface area contributed by atoms with Gasteiger partial charge in [-0.25, -0.2) is 0 Å². The van der Waals surface area contributed by atoms with Gasteiger partial charge in [-0.15, -0.1) is 10.2 Å². The molecule has 0 aliphatic rings. The number of nitrogens with one attached hydrogen (secondary N) is 1. The molecule has 0 saturated carbocycles. The van der Waals surface area contributed by atoms with Crippen molar-refractivity contribution in [3.05, 3.63) is 52.7 Å². The summed E-state index contributed by atoms with van der Waals surface area (Å²) in [6.45, 7) is 5.11. The van der Waals surface area contributed by atoms with E-state index < -0.39 is 0 Å². The summed E-state index contributed by atoms with van der Waals surface area (Å²) in [4.78, 5) is 0. The van der Waals surface area contributed by atoms with E-state index in [-0.39, 0.29) is 0 Å². The van der Waals surface area contributed by atoms with Gasteiger partial charge in [0.1, 0.15) is 5.82 Å². The van der Waals surface area contributed by atoms with Crippen molar-refractivity contribution in [1.82, 2.24) is 10.2 Å². The summed E-state index contributed by atoms with van der Waals surface area (Å²) >= 11 is 5.67. The van der Waals surface area contributed by atoms with Gasteiger partial charge in [-0.2, -0.15) is 0 Å². The zero-order valence-corrected chi connectivity index (χ0v) is 11.3. The topological polar surface area (TPSA) is 37.8 Å². The molecule has 0 spiro atoms. The Bertz CT molecular complexity index is 491. The first-order valence-corrected chi connectivity index (χ1v) is 6.35. The molecule has 1 N–H and O–H groups in total. The molecular formula is C14H16ClN3. The van der Waals surface area contributed by atoms with Gasteiger partial charge in [0.2, 0.25) is 0 Å². The van der Waals surface area contributed by atoms with Crippen molar-refractivity contribution >= 4 is 17.4 Å². The lowest BCUT2D eigenvalue weighted by Crippen LogP contribution is -2.02. The number of aromatic nitrogens is 2. The van der Waals surface area contributed by atoms with Crippen LogP contribution in [0.3, 0.4) is 0 Å². The van der Waals surface area contributed by atoms with Crippen molar-refractivity contribution in [2.75, 3.05) is 5.32 Å². The molecule has 1 aromatic carbocycles. The molecule has 94 valence electrons. The summed E-state index contributed by atoms with van der Waals surface area (Å²) in [5.74, 6) is 1.29. The predicted octanol–water partition coefficient (Wildman–Crippen LogP) is 3.87. The zero-order chi connectivity index (χ0) is 13.0. The van der Waals surface area contributed by atoms with Crippen LogP contribution in [-0.4, -0.2) is 10.2 Å². The van der Waals surface area contributed by atoms with Gasteiger partial charge in [0.25, 0.3) is 0 Å². The molecule has 2 rings (SSSR count). The smallest absolute Gasteiger partial charge is 0.151 e. The van der Waals surface area contributed by atoms with Gasteiger partial charge in [0.15, 0.2) is 5.15 Å². The van der Waals surface area contributed by atoms with E-state index in [1.165, 1.54) is 11.1 Å². The molecule has 0 bridgehead atoms. The van der Waals surface area contributed by atoms with E-state index in [4.69, 9.17) is 11.6 Å². The highest BCUT2D eigenvalue weighted by molar-refractivity contribution is 6.29. The molecule has 3 nitrogen and oxygen atoms in total. The second-order valence-electron chi connectivity index (χ2n) is 4.49. The standard InChI is InChI=1S/C14H16ClN3/c1-10(2)12-5-3-11(4-6-12)9-16-14-8-7-13(15)17-18-14/h3-8,10H,9H2,1-2H3,(H,16,18). The van der Waals surface area contributed by atoms with Gasteiger partial charge in [0, 0.05) is 6.54 Å². The van der Waals surface area contributed by atoms with Crippen LogP contribution >= 0.6 is 11.6 Å². The maximum atomic E-state index is 5.67. The summed E-state index contributed by atoms with van der Waals surface area (Å²) < 4.78 is 0. The molecule has 0 unspecified atom stereocenters. The van der Waals surface area contributed by atoms with E-state index in [0.717, 1.165) is 12.4 Å². The molecule has 4 heteroatoms. The number of halogens is 1. The molecule has 0 fully saturated rings. The Kier molecular flexibility index (Phi) is 4.15. The molecule has 0 radical (unpaired) electrons. The maximum Gasteiger partial charge on any atom is 0.151 e. The minimum atomic E-state index is 0.404. The van der Waals surface area contributed by atoms with E-state index in [0.29, 0.717) is 11.1 Å². The molecule has 18 heavy (non-hydrogen) atoms. The lowest BCUT2D eigenvalue weighted by atomic mass is 10.0. The number of rotatable bonds is 4. The molecule has 0 saturated heterocycles. The average Bonchev–Trinajstić information content (AvgIpc) is 2.38. The largest absolute Gasteiger partial charge is 0.365 e. The normalized spacial score (nSPS) is 10.7. The Morgan fingerprint density at radius 3 is 2.33 bits per heavy atom. The summed E-state index contributed by atoms with van der Waals surface area (Å²) in [6.07, 6.45) is 0. The number of hydrogen-bond donors (Lipinski definition) is 1. The summed E-state index contributed by atoms with van der Waals surface area (Å²) in [6, 6.07) is 12.1. The fourth-order valence-corrected chi connectivity index (χ4v) is 1.72. The van der Waals surface area contributed by atoms with E-state index in [9.17, 15) is 0 Å². The van der Waals surface area contributed by atoms with Crippen LogP contribution in [0.1, 0.15) is 30.9 Å². The van der Waals surface area contributed by atoms with Crippen LogP contribution in [-0.2, 0) is 6.54 Å². The molecular weight excluding hydrogens is 246 g/mol. The van der Waals surface area contributed by atoms with Crippen LogP contribution in [0.15, 0.2) is 36.4 Å². The second-order valence-corrected chi connectivity index (χ2v) is 4.88. The van der Waals surface area contributed by atoms with Crippen molar-refractivity contribution in [3.8, 4) is 0 Å². The van der Waals surface area contributed by atoms with E-state index >= 15 is 0 Å². The molecule has 0 atom stereocenters. The molecule has 1 heterocycles. The van der Waals surface area contributed by atoms with Crippen LogP contribution in [0, 0.1) is 0 Å². The molecule has 0 amide bonds. The second kappa shape index (κ2) is 5.83. The van der Waals surface area contributed by atoms with Crippen molar-refractivity contribution < 1.29 is 0 Å². The van der Waals surface area contributed by atoms with Crippen molar-refractivity contribution in [2.24, 2.45) is 0 Å². The zero-order valence-electron chi connectivity index (χ0n) is 10.5. The van der Waals surface area contributed by atoms with Gasteiger partial charge >= 0.3 is 0 Å². The van der Waals surface area contributed by atoms with Crippen LogP contribution in [0.25, 0.3) is 0 Å². The van der Waals surface area contributed by atoms with Gasteiger partial charge in [-0.1, -0.05) is 49.7 Å². The number of anilines is 1. The number of benzene rings is 1. The summed E-state index contributed by atoms with van der Waals surface area (Å²) in [5.41, 5.74) is 2.57. The Morgan fingerprint density at radius 1 is 1.06 bits per heavy atom. The van der Waals surface area contributed by atoms with Gasteiger partial charge in [-0.3, -0.25) is 0 Å². The first kappa shape index (κ1) is 12.8. The Hall–Kier alpha value is -1.61. The highest BCUT2D eigenvalue weighted by Crippen LogP contribution is 2.15. The van der Waals surface area contributed by atoms with E-state index in [2.05, 4.69) is 53.6 Å². The highest BCUT2D eigenvalue weighted by Gasteiger charge is 2.00. The van der Waals surface area contributed by atoms with Gasteiger partial charge < -0.3 is 5.32 Å². The quantitative estimate of drug-likeness (QED) is 0.908. The molecule has 2 aromatic rings. The Labute approximate surface area is 112 Å². The molecule has 1 aromatic heterocycles. The fraction of sp³-hybridized carbons (Fsp3) is 0.286. The lowest BCUT2D eigenvalue weighted by molar-refractivity contribution is 0.865. The Balaban J connectivity index is 1.95. The fourth-order valence-electron chi connectivity index (χ4n) is 1.62.